The van der Waals surface area contributed by atoms with E-state index in [2.05, 4.69) is 43.1 Å². The Kier molecular flexibility index (Phi) is 2.74. The molecule has 1 aromatic carbocycles. The molecule has 1 aromatic rings. The maximum absolute atomic E-state index is 2.49. The SMILES string of the molecule is C[C@@H]1CN(C)CC[C@@]12CCCc1ccccc12. The fourth-order valence-electron chi connectivity index (χ4n) is 4.09. The third-order valence-electron chi connectivity index (χ3n) is 5.09. The molecule has 0 saturated carbocycles. The highest BCUT2D eigenvalue weighted by Crippen LogP contribution is 2.47. The number of piperidine rings is 1. The molecule has 1 fully saturated rings. The summed E-state index contributed by atoms with van der Waals surface area (Å²) >= 11 is 0. The molecule has 0 amide bonds. The second kappa shape index (κ2) is 4.13. The molecule has 0 radical (unpaired) electrons. The highest BCUT2D eigenvalue weighted by molar-refractivity contribution is 5.38. The highest BCUT2D eigenvalue weighted by Gasteiger charge is 2.43. The van der Waals surface area contributed by atoms with Gasteiger partial charge in [-0.05, 0) is 56.3 Å². The van der Waals surface area contributed by atoms with Crippen LogP contribution < -0.4 is 0 Å². The summed E-state index contributed by atoms with van der Waals surface area (Å²) in [4.78, 5) is 2.49. The molecule has 0 aromatic heterocycles. The Balaban J connectivity index is 2.03. The van der Waals surface area contributed by atoms with Crippen LogP contribution in [0.1, 0.15) is 37.3 Å². The molecule has 1 aliphatic heterocycles. The van der Waals surface area contributed by atoms with Gasteiger partial charge >= 0.3 is 0 Å². The minimum Gasteiger partial charge on any atom is -0.306 e. The number of nitrogens with zero attached hydrogens (tertiary/aromatic N) is 1. The van der Waals surface area contributed by atoms with Gasteiger partial charge in [0.1, 0.15) is 0 Å². The van der Waals surface area contributed by atoms with Crippen LogP contribution in [0.15, 0.2) is 24.3 Å². The zero-order chi connectivity index (χ0) is 11.9. The molecule has 1 spiro atoms. The third kappa shape index (κ3) is 1.72. The minimum absolute atomic E-state index is 0.487. The highest BCUT2D eigenvalue weighted by atomic mass is 15.1. The van der Waals surface area contributed by atoms with E-state index in [1.54, 1.807) is 11.1 Å². The molecular weight excluding hydrogens is 206 g/mol. The lowest BCUT2D eigenvalue weighted by molar-refractivity contribution is 0.106. The maximum Gasteiger partial charge on any atom is 0.00125 e. The van der Waals surface area contributed by atoms with Crippen molar-refractivity contribution >= 4 is 0 Å². The van der Waals surface area contributed by atoms with E-state index >= 15 is 0 Å². The summed E-state index contributed by atoms with van der Waals surface area (Å²) in [6.45, 7) is 4.98. The summed E-state index contributed by atoms with van der Waals surface area (Å²) in [5.74, 6) is 0.794. The van der Waals surface area contributed by atoms with Crippen molar-refractivity contribution in [1.82, 2.24) is 4.90 Å². The normalized spacial score (nSPS) is 33.6. The van der Waals surface area contributed by atoms with Crippen molar-refractivity contribution in [2.24, 2.45) is 5.92 Å². The number of hydrogen-bond acceptors (Lipinski definition) is 1. The second-order valence-corrected chi connectivity index (χ2v) is 6.08. The zero-order valence-electron chi connectivity index (χ0n) is 11.1. The van der Waals surface area contributed by atoms with Crippen LogP contribution in [-0.4, -0.2) is 25.0 Å². The van der Waals surface area contributed by atoms with Crippen LogP contribution in [0.4, 0.5) is 0 Å². The Morgan fingerprint density at radius 3 is 2.88 bits per heavy atom. The smallest absolute Gasteiger partial charge is 0.00125 e. The van der Waals surface area contributed by atoms with Gasteiger partial charge in [-0.25, -0.2) is 0 Å². The van der Waals surface area contributed by atoms with E-state index < -0.39 is 0 Å². The number of hydrogen-bond donors (Lipinski definition) is 0. The molecule has 92 valence electrons. The monoisotopic (exact) mass is 229 g/mol. The van der Waals surface area contributed by atoms with Crippen molar-refractivity contribution in [3.05, 3.63) is 35.4 Å². The Morgan fingerprint density at radius 2 is 2.06 bits per heavy atom. The topological polar surface area (TPSA) is 3.24 Å². The fraction of sp³-hybridized carbons (Fsp3) is 0.625. The van der Waals surface area contributed by atoms with Gasteiger partial charge in [-0.3, -0.25) is 0 Å². The molecule has 1 nitrogen and oxygen atoms in total. The van der Waals surface area contributed by atoms with Crippen LogP contribution in [-0.2, 0) is 11.8 Å². The van der Waals surface area contributed by atoms with Crippen LogP contribution >= 0.6 is 0 Å². The van der Waals surface area contributed by atoms with Crippen LogP contribution in [0.25, 0.3) is 0 Å². The van der Waals surface area contributed by atoms with E-state index in [1.165, 1.54) is 38.8 Å². The van der Waals surface area contributed by atoms with Gasteiger partial charge in [0.2, 0.25) is 0 Å². The number of fused-ring (bicyclic) bond motifs is 2. The van der Waals surface area contributed by atoms with Gasteiger partial charge in [0.05, 0.1) is 0 Å². The molecule has 1 saturated heterocycles. The Bertz CT molecular complexity index is 412. The molecule has 0 unspecified atom stereocenters. The van der Waals surface area contributed by atoms with Crippen molar-refractivity contribution in [3.8, 4) is 0 Å². The van der Waals surface area contributed by atoms with Gasteiger partial charge in [0.15, 0.2) is 0 Å². The van der Waals surface area contributed by atoms with E-state index in [9.17, 15) is 0 Å². The van der Waals surface area contributed by atoms with E-state index in [0.717, 1.165) is 5.92 Å². The van der Waals surface area contributed by atoms with Gasteiger partial charge in [-0.1, -0.05) is 31.2 Å². The van der Waals surface area contributed by atoms with Crippen molar-refractivity contribution in [2.75, 3.05) is 20.1 Å². The van der Waals surface area contributed by atoms with E-state index in [-0.39, 0.29) is 0 Å². The Hall–Kier alpha value is -0.820. The molecule has 2 atom stereocenters. The molecule has 1 heterocycles. The average Bonchev–Trinajstić information content (AvgIpc) is 2.35. The van der Waals surface area contributed by atoms with Crippen molar-refractivity contribution in [3.63, 3.8) is 0 Å². The first-order chi connectivity index (χ1) is 8.22. The second-order valence-electron chi connectivity index (χ2n) is 6.08. The van der Waals surface area contributed by atoms with Gasteiger partial charge in [0, 0.05) is 12.0 Å². The molecule has 3 rings (SSSR count). The summed E-state index contributed by atoms with van der Waals surface area (Å²) in [6, 6.07) is 9.19. The number of rotatable bonds is 0. The summed E-state index contributed by atoms with van der Waals surface area (Å²) in [7, 11) is 2.26. The summed E-state index contributed by atoms with van der Waals surface area (Å²) in [5.41, 5.74) is 3.78. The first kappa shape index (κ1) is 11.3. The number of likely N-dealkylation sites (tertiary alicyclic amines) is 1. The molecule has 1 heteroatoms. The number of benzene rings is 1. The fourth-order valence-corrected chi connectivity index (χ4v) is 4.09. The van der Waals surface area contributed by atoms with Gasteiger partial charge in [0.25, 0.3) is 0 Å². The standard InChI is InChI=1S/C16H23N/c1-13-12-17(2)11-10-16(13)9-5-7-14-6-3-4-8-15(14)16/h3-4,6,8,13H,5,7,9-12H2,1-2H3/t13-,16+/m1/s1. The lowest BCUT2D eigenvalue weighted by Gasteiger charge is -2.49. The third-order valence-corrected chi connectivity index (χ3v) is 5.09. The molecule has 0 N–H and O–H groups in total. The summed E-state index contributed by atoms with van der Waals surface area (Å²) in [5, 5.41) is 0. The van der Waals surface area contributed by atoms with Crippen molar-refractivity contribution in [2.45, 2.75) is 38.0 Å². The predicted octanol–water partition coefficient (Wildman–Crippen LogP) is 3.23. The summed E-state index contributed by atoms with van der Waals surface area (Å²) in [6.07, 6.45) is 5.42. The lowest BCUT2D eigenvalue weighted by Crippen LogP contribution is -2.49. The first-order valence-corrected chi connectivity index (χ1v) is 6.99. The lowest BCUT2D eigenvalue weighted by atomic mass is 9.60. The van der Waals surface area contributed by atoms with Crippen LogP contribution in [0.3, 0.4) is 0 Å². The molecule has 2 aliphatic rings. The van der Waals surface area contributed by atoms with Gasteiger partial charge < -0.3 is 4.90 Å². The molecule has 0 bridgehead atoms. The van der Waals surface area contributed by atoms with Gasteiger partial charge in [-0.2, -0.15) is 0 Å². The van der Waals surface area contributed by atoms with Crippen molar-refractivity contribution in [1.29, 1.82) is 0 Å². The van der Waals surface area contributed by atoms with E-state index in [0.29, 0.717) is 5.41 Å². The minimum atomic E-state index is 0.487. The van der Waals surface area contributed by atoms with Crippen LogP contribution in [0.2, 0.25) is 0 Å². The molecule has 17 heavy (non-hydrogen) atoms. The Morgan fingerprint density at radius 1 is 1.24 bits per heavy atom. The molecular formula is C16H23N. The predicted molar refractivity (Wildman–Crippen MR) is 72.3 cm³/mol. The van der Waals surface area contributed by atoms with E-state index in [4.69, 9.17) is 0 Å². The number of aryl methyl sites for hydroxylation is 1. The average molecular weight is 229 g/mol. The van der Waals surface area contributed by atoms with E-state index in [1.807, 2.05) is 0 Å². The van der Waals surface area contributed by atoms with Crippen LogP contribution in [0, 0.1) is 5.92 Å². The van der Waals surface area contributed by atoms with Gasteiger partial charge in [-0.15, -0.1) is 0 Å². The summed E-state index contributed by atoms with van der Waals surface area (Å²) < 4.78 is 0. The quantitative estimate of drug-likeness (QED) is 0.660. The van der Waals surface area contributed by atoms with Crippen LogP contribution in [0.5, 0.6) is 0 Å². The first-order valence-electron chi connectivity index (χ1n) is 6.99. The van der Waals surface area contributed by atoms with Crippen molar-refractivity contribution < 1.29 is 0 Å². The largest absolute Gasteiger partial charge is 0.306 e. The maximum atomic E-state index is 2.49. The molecule has 1 aliphatic carbocycles. The zero-order valence-corrected chi connectivity index (χ0v) is 11.1. The Labute approximate surface area is 105 Å².